The highest BCUT2D eigenvalue weighted by atomic mass is 32.1. The SMILES string of the molecule is CN=C(NCCCCc1nc(C)cs1)NCCCN(C(C)C)C(C)C. The van der Waals surface area contributed by atoms with Crippen LogP contribution in [0.3, 0.4) is 0 Å². The molecule has 0 unspecified atom stereocenters. The number of nitrogens with one attached hydrogen (secondary N) is 2. The summed E-state index contributed by atoms with van der Waals surface area (Å²) in [6.45, 7) is 14.1. The van der Waals surface area contributed by atoms with Crippen molar-refractivity contribution in [2.24, 2.45) is 4.99 Å². The van der Waals surface area contributed by atoms with Gasteiger partial charge in [0.1, 0.15) is 0 Å². The molecular weight excluding hydrogens is 330 g/mol. The van der Waals surface area contributed by atoms with Gasteiger partial charge in [-0.15, -0.1) is 11.3 Å². The second kappa shape index (κ2) is 12.3. The number of aryl methyl sites for hydroxylation is 2. The monoisotopic (exact) mass is 367 g/mol. The third-order valence-electron chi connectivity index (χ3n) is 4.21. The van der Waals surface area contributed by atoms with E-state index in [0.717, 1.165) is 57.0 Å². The van der Waals surface area contributed by atoms with E-state index in [1.807, 2.05) is 7.05 Å². The molecule has 0 saturated heterocycles. The summed E-state index contributed by atoms with van der Waals surface area (Å²) in [6, 6.07) is 1.19. The predicted octanol–water partition coefficient (Wildman–Crippen LogP) is 3.45. The summed E-state index contributed by atoms with van der Waals surface area (Å²) >= 11 is 1.77. The lowest BCUT2D eigenvalue weighted by Gasteiger charge is -2.30. The van der Waals surface area contributed by atoms with Gasteiger partial charge in [-0.05, 0) is 60.3 Å². The van der Waals surface area contributed by atoms with Crippen LogP contribution in [0, 0.1) is 6.92 Å². The van der Waals surface area contributed by atoms with Crippen molar-refractivity contribution in [3.05, 3.63) is 16.1 Å². The summed E-state index contributed by atoms with van der Waals surface area (Å²) in [5, 5.41) is 10.2. The smallest absolute Gasteiger partial charge is 0.190 e. The number of aliphatic imine (C=N–C) groups is 1. The van der Waals surface area contributed by atoms with Crippen molar-refractivity contribution in [1.29, 1.82) is 0 Å². The first-order valence-corrected chi connectivity index (χ1v) is 10.4. The van der Waals surface area contributed by atoms with Gasteiger partial charge < -0.3 is 10.6 Å². The Labute approximate surface area is 158 Å². The maximum atomic E-state index is 4.51. The van der Waals surface area contributed by atoms with E-state index in [1.54, 1.807) is 11.3 Å². The highest BCUT2D eigenvalue weighted by Gasteiger charge is 2.12. The fourth-order valence-electron chi connectivity index (χ4n) is 2.93. The van der Waals surface area contributed by atoms with Crippen molar-refractivity contribution in [3.8, 4) is 0 Å². The van der Waals surface area contributed by atoms with Crippen molar-refractivity contribution in [2.75, 3.05) is 26.7 Å². The molecular formula is C19H37N5S. The Balaban J connectivity index is 2.11. The molecule has 0 aliphatic rings. The van der Waals surface area contributed by atoms with Gasteiger partial charge in [-0.25, -0.2) is 4.98 Å². The average Bonchev–Trinajstić information content (AvgIpc) is 2.97. The van der Waals surface area contributed by atoms with E-state index in [2.05, 4.69) is 65.5 Å². The summed E-state index contributed by atoms with van der Waals surface area (Å²) in [5.74, 6) is 0.908. The van der Waals surface area contributed by atoms with E-state index >= 15 is 0 Å². The number of nitrogens with zero attached hydrogens (tertiary/aromatic N) is 3. The predicted molar refractivity (Wildman–Crippen MR) is 111 cm³/mol. The molecule has 5 nitrogen and oxygen atoms in total. The van der Waals surface area contributed by atoms with Crippen LogP contribution in [-0.2, 0) is 6.42 Å². The van der Waals surface area contributed by atoms with Gasteiger partial charge in [0.2, 0.25) is 0 Å². The van der Waals surface area contributed by atoms with Crippen molar-refractivity contribution in [2.45, 2.75) is 72.4 Å². The highest BCUT2D eigenvalue weighted by molar-refractivity contribution is 7.09. The first-order valence-electron chi connectivity index (χ1n) is 9.55. The zero-order chi connectivity index (χ0) is 18.7. The van der Waals surface area contributed by atoms with Gasteiger partial charge in [-0.1, -0.05) is 0 Å². The molecule has 2 N–H and O–H groups in total. The van der Waals surface area contributed by atoms with Crippen LogP contribution in [0.4, 0.5) is 0 Å². The third-order valence-corrected chi connectivity index (χ3v) is 5.24. The summed E-state index contributed by atoms with van der Waals surface area (Å²) in [4.78, 5) is 11.3. The van der Waals surface area contributed by atoms with Crippen LogP contribution in [0.15, 0.2) is 10.4 Å². The maximum Gasteiger partial charge on any atom is 0.190 e. The molecule has 0 saturated carbocycles. The van der Waals surface area contributed by atoms with Crippen LogP contribution in [0.25, 0.3) is 0 Å². The van der Waals surface area contributed by atoms with E-state index in [9.17, 15) is 0 Å². The van der Waals surface area contributed by atoms with Crippen LogP contribution < -0.4 is 10.6 Å². The Kier molecular flexibility index (Phi) is 10.7. The standard InChI is InChI=1S/C19H37N5S/c1-15(2)24(16(3)4)13-9-12-22-19(20-6)21-11-8-7-10-18-23-17(5)14-25-18/h14-16H,7-13H2,1-6H3,(H2,20,21,22). The molecule has 0 spiro atoms. The van der Waals surface area contributed by atoms with E-state index in [1.165, 1.54) is 5.01 Å². The van der Waals surface area contributed by atoms with Crippen LogP contribution in [0.1, 0.15) is 57.7 Å². The molecule has 1 rings (SSSR count). The second-order valence-electron chi connectivity index (χ2n) is 7.04. The molecule has 0 atom stereocenters. The molecule has 144 valence electrons. The number of unbranched alkanes of at least 4 members (excludes halogenated alkanes) is 1. The molecule has 0 aromatic carbocycles. The van der Waals surface area contributed by atoms with Crippen molar-refractivity contribution in [1.82, 2.24) is 20.5 Å². The van der Waals surface area contributed by atoms with Crippen LogP contribution >= 0.6 is 11.3 Å². The Bertz CT molecular complexity index is 488. The number of thiazole rings is 1. The van der Waals surface area contributed by atoms with Crippen LogP contribution in [0.2, 0.25) is 0 Å². The molecule has 1 heterocycles. The van der Waals surface area contributed by atoms with E-state index in [4.69, 9.17) is 0 Å². The zero-order valence-electron chi connectivity index (χ0n) is 16.9. The summed E-state index contributed by atoms with van der Waals surface area (Å²) in [6.07, 6.45) is 4.50. The van der Waals surface area contributed by atoms with E-state index in [0.29, 0.717) is 12.1 Å². The molecule has 0 radical (unpaired) electrons. The molecule has 0 aliphatic heterocycles. The largest absolute Gasteiger partial charge is 0.356 e. The van der Waals surface area contributed by atoms with Crippen molar-refractivity contribution < 1.29 is 0 Å². The lowest BCUT2D eigenvalue weighted by molar-refractivity contribution is 0.173. The van der Waals surface area contributed by atoms with Gasteiger partial charge in [0, 0.05) is 49.8 Å². The topological polar surface area (TPSA) is 52.6 Å². The Morgan fingerprint density at radius 3 is 2.28 bits per heavy atom. The minimum Gasteiger partial charge on any atom is -0.356 e. The summed E-state index contributed by atoms with van der Waals surface area (Å²) in [7, 11) is 1.84. The van der Waals surface area contributed by atoms with Crippen LogP contribution in [0.5, 0.6) is 0 Å². The Morgan fingerprint density at radius 1 is 1.12 bits per heavy atom. The summed E-state index contributed by atoms with van der Waals surface area (Å²) < 4.78 is 0. The number of aromatic nitrogens is 1. The van der Waals surface area contributed by atoms with Gasteiger partial charge in [0.15, 0.2) is 5.96 Å². The molecule has 0 amide bonds. The Morgan fingerprint density at radius 2 is 1.76 bits per heavy atom. The minimum absolute atomic E-state index is 0.596. The van der Waals surface area contributed by atoms with Gasteiger partial charge in [-0.2, -0.15) is 0 Å². The van der Waals surface area contributed by atoms with E-state index in [-0.39, 0.29) is 0 Å². The molecule has 0 fully saturated rings. The van der Waals surface area contributed by atoms with Gasteiger partial charge in [0.05, 0.1) is 5.01 Å². The minimum atomic E-state index is 0.596. The fourth-order valence-corrected chi connectivity index (χ4v) is 3.75. The van der Waals surface area contributed by atoms with Crippen molar-refractivity contribution >= 4 is 17.3 Å². The van der Waals surface area contributed by atoms with Crippen LogP contribution in [-0.4, -0.2) is 54.6 Å². The van der Waals surface area contributed by atoms with E-state index < -0.39 is 0 Å². The van der Waals surface area contributed by atoms with Crippen molar-refractivity contribution in [3.63, 3.8) is 0 Å². The molecule has 25 heavy (non-hydrogen) atoms. The van der Waals surface area contributed by atoms with Gasteiger partial charge in [0.25, 0.3) is 0 Å². The first-order chi connectivity index (χ1) is 11.9. The number of hydrogen-bond donors (Lipinski definition) is 2. The molecule has 6 heteroatoms. The fraction of sp³-hybridized carbons (Fsp3) is 0.789. The molecule has 1 aromatic heterocycles. The van der Waals surface area contributed by atoms with Gasteiger partial charge >= 0.3 is 0 Å². The van der Waals surface area contributed by atoms with Gasteiger partial charge in [-0.3, -0.25) is 9.89 Å². The lowest BCUT2D eigenvalue weighted by Crippen LogP contribution is -2.41. The normalized spacial score (nSPS) is 12.4. The highest BCUT2D eigenvalue weighted by Crippen LogP contribution is 2.11. The summed E-state index contributed by atoms with van der Waals surface area (Å²) in [5.41, 5.74) is 1.14. The lowest BCUT2D eigenvalue weighted by atomic mass is 10.2. The number of rotatable bonds is 11. The Hall–Kier alpha value is -1.14. The third kappa shape index (κ3) is 9.21. The number of guanidine groups is 1. The first kappa shape index (κ1) is 21.9. The molecule has 1 aromatic rings. The quantitative estimate of drug-likeness (QED) is 0.357. The average molecular weight is 368 g/mol. The zero-order valence-corrected chi connectivity index (χ0v) is 17.7. The second-order valence-corrected chi connectivity index (χ2v) is 7.99. The molecule has 0 aliphatic carbocycles. The maximum absolute atomic E-state index is 4.51. The molecule has 0 bridgehead atoms. The number of hydrogen-bond acceptors (Lipinski definition) is 4.